The summed E-state index contributed by atoms with van der Waals surface area (Å²) in [5, 5.41) is 74.8. The molecule has 6 rings (SSSR count). The number of rotatable bonds is 10. The summed E-state index contributed by atoms with van der Waals surface area (Å²) in [6, 6.07) is 0. The van der Waals surface area contributed by atoms with Crippen LogP contribution < -0.4 is 0 Å². The molecule has 0 aromatic rings. The monoisotopic (exact) mass is 767 g/mol. The summed E-state index contributed by atoms with van der Waals surface area (Å²) in [7, 11) is 0. The number of hydrogen-bond donors (Lipinski definition) is 7. The molecule has 11 heteroatoms. The highest BCUT2D eigenvalue weighted by atomic mass is 16.8. The molecule has 6 aliphatic rings. The molecule has 7 N–H and O–H groups in total. The van der Waals surface area contributed by atoms with Gasteiger partial charge in [-0.05, 0) is 123 Å². The average molecular weight is 767 g/mol. The van der Waals surface area contributed by atoms with Gasteiger partial charge in [0.1, 0.15) is 36.6 Å². The molecule has 4 aliphatic carbocycles. The van der Waals surface area contributed by atoms with Crippen molar-refractivity contribution in [2.45, 2.75) is 188 Å². The number of fused-ring (bicyclic) bond motifs is 5. The minimum absolute atomic E-state index is 0.0186. The highest BCUT2D eigenvalue weighted by molar-refractivity contribution is 5.19. The van der Waals surface area contributed by atoms with Gasteiger partial charge in [0.2, 0.25) is 0 Å². The van der Waals surface area contributed by atoms with Crippen LogP contribution in [0.15, 0.2) is 11.6 Å². The molecule has 2 heterocycles. The lowest BCUT2D eigenvalue weighted by molar-refractivity contribution is -0.372. The number of hydrogen-bond acceptors (Lipinski definition) is 11. The molecule has 6 unspecified atom stereocenters. The average Bonchev–Trinajstić information content (AvgIpc) is 3.49. The van der Waals surface area contributed by atoms with Gasteiger partial charge in [0, 0.05) is 5.92 Å². The largest absolute Gasteiger partial charge is 0.394 e. The molecule has 0 aromatic carbocycles. The summed E-state index contributed by atoms with van der Waals surface area (Å²) < 4.78 is 25.1. The van der Waals surface area contributed by atoms with Crippen LogP contribution in [0.1, 0.15) is 120 Å². The Morgan fingerprint density at radius 1 is 0.759 bits per heavy atom. The maximum Gasteiger partial charge on any atom is 0.187 e. The Morgan fingerprint density at radius 3 is 2.04 bits per heavy atom. The third-order valence-electron chi connectivity index (χ3n) is 16.9. The van der Waals surface area contributed by atoms with Crippen LogP contribution in [-0.4, -0.2) is 116 Å². The van der Waals surface area contributed by atoms with Crippen LogP contribution in [0.5, 0.6) is 0 Å². The fourth-order valence-corrected chi connectivity index (χ4v) is 13.6. The standard InChI is InChI=1S/C43H74O11/c1-22(2)11-10-12-23(3)25-13-17-43(9)32(25)26(46)19-30-41(7)16-15-31(40(5,6)29(41)14-18-42(30,43)8)53-39-37(24(4)33(47)27(20-44)52-39)54-38-36(50)35(49)34(48)28(21-45)51-38/h11,23-39,44-50H,10,12-21H2,1-9H3/t23-,24+,25?,26+,27-,28-,29?,30?,31?,32?,33+,34-,35+,36-,37-,38?,39+,41-,42+,43+/m1/s1. The predicted molar refractivity (Wildman–Crippen MR) is 203 cm³/mol. The van der Waals surface area contributed by atoms with Crippen molar-refractivity contribution >= 4 is 0 Å². The van der Waals surface area contributed by atoms with Crippen molar-refractivity contribution in [1.29, 1.82) is 0 Å². The van der Waals surface area contributed by atoms with Crippen LogP contribution in [0.3, 0.4) is 0 Å². The zero-order valence-corrected chi connectivity index (χ0v) is 34.4. The summed E-state index contributed by atoms with van der Waals surface area (Å²) in [5.41, 5.74) is 1.22. The van der Waals surface area contributed by atoms with Crippen LogP contribution in [0, 0.1) is 57.2 Å². The van der Waals surface area contributed by atoms with Gasteiger partial charge < -0.3 is 54.7 Å². The van der Waals surface area contributed by atoms with Gasteiger partial charge in [0.25, 0.3) is 0 Å². The first-order valence-electron chi connectivity index (χ1n) is 21.1. The zero-order valence-electron chi connectivity index (χ0n) is 34.4. The first-order valence-corrected chi connectivity index (χ1v) is 21.1. The molecule has 0 radical (unpaired) electrons. The van der Waals surface area contributed by atoms with Crippen molar-refractivity contribution in [3.63, 3.8) is 0 Å². The fraction of sp³-hybridized carbons (Fsp3) is 0.953. The second kappa shape index (κ2) is 15.8. The van der Waals surface area contributed by atoms with Gasteiger partial charge in [-0.2, -0.15) is 0 Å². The highest BCUT2D eigenvalue weighted by Gasteiger charge is 2.70. The Hall–Kier alpha value is -0.700. The molecular weight excluding hydrogens is 692 g/mol. The van der Waals surface area contributed by atoms with E-state index in [4.69, 9.17) is 18.9 Å². The van der Waals surface area contributed by atoms with Crippen molar-refractivity contribution in [2.24, 2.45) is 57.2 Å². The van der Waals surface area contributed by atoms with E-state index in [0.717, 1.165) is 38.5 Å². The molecule has 20 atom stereocenters. The molecule has 2 aliphatic heterocycles. The number of aliphatic hydroxyl groups is 7. The van der Waals surface area contributed by atoms with Gasteiger partial charge in [-0.1, -0.05) is 60.1 Å². The smallest absolute Gasteiger partial charge is 0.187 e. The van der Waals surface area contributed by atoms with Crippen molar-refractivity contribution < 1.29 is 54.7 Å². The summed E-state index contributed by atoms with van der Waals surface area (Å²) >= 11 is 0. The lowest BCUT2D eigenvalue weighted by Crippen LogP contribution is -2.67. The SMILES string of the molecule is CC(C)=CCC[C@@H](C)C1CC[C@@]2(C)C1[C@@H](O)CC1[C@]3(C)CCC(O[C@@H]4O[C@H](CO)[C@@H](O)[C@H](C)[C@H]4OC4O[C@H](CO)[C@@H](O)[C@H](O)[C@H]4O)C(C)(C)C3CC[C@@]12C. The molecule has 0 spiro atoms. The zero-order chi connectivity index (χ0) is 39.7. The molecule has 54 heavy (non-hydrogen) atoms. The molecule has 0 amide bonds. The minimum atomic E-state index is -1.63. The van der Waals surface area contributed by atoms with Crippen molar-refractivity contribution in [2.75, 3.05) is 13.2 Å². The third kappa shape index (κ3) is 6.99. The predicted octanol–water partition coefficient (Wildman–Crippen LogP) is 4.31. The Bertz CT molecular complexity index is 1320. The molecule has 4 saturated carbocycles. The Labute approximate surface area is 323 Å². The lowest BCUT2D eigenvalue weighted by atomic mass is 9.35. The van der Waals surface area contributed by atoms with E-state index in [1.54, 1.807) is 6.92 Å². The van der Waals surface area contributed by atoms with Crippen molar-refractivity contribution in [3.05, 3.63) is 11.6 Å². The first-order chi connectivity index (χ1) is 25.3. The van der Waals surface area contributed by atoms with Crippen LogP contribution in [0.25, 0.3) is 0 Å². The molecule has 2 saturated heterocycles. The molecular formula is C43H74O11. The second-order valence-electron chi connectivity index (χ2n) is 20.2. The summed E-state index contributed by atoms with van der Waals surface area (Å²) in [4.78, 5) is 0. The number of aliphatic hydroxyl groups excluding tert-OH is 7. The van der Waals surface area contributed by atoms with Crippen LogP contribution in [0.4, 0.5) is 0 Å². The van der Waals surface area contributed by atoms with Gasteiger partial charge in [0.15, 0.2) is 12.6 Å². The van der Waals surface area contributed by atoms with E-state index in [1.807, 2.05) is 0 Å². The van der Waals surface area contributed by atoms with E-state index in [0.29, 0.717) is 29.6 Å². The second-order valence-corrected chi connectivity index (χ2v) is 20.2. The number of allylic oxidation sites excluding steroid dienone is 2. The summed E-state index contributed by atoms with van der Waals surface area (Å²) in [5.74, 6) is 1.47. The van der Waals surface area contributed by atoms with E-state index in [-0.39, 0.29) is 33.9 Å². The quantitative estimate of drug-likeness (QED) is 0.125. The van der Waals surface area contributed by atoms with Crippen molar-refractivity contribution in [3.8, 4) is 0 Å². The van der Waals surface area contributed by atoms with E-state index < -0.39 is 74.4 Å². The van der Waals surface area contributed by atoms with Gasteiger partial charge in [-0.15, -0.1) is 0 Å². The van der Waals surface area contributed by atoms with E-state index in [2.05, 4.69) is 61.5 Å². The Morgan fingerprint density at radius 2 is 1.39 bits per heavy atom. The molecule has 6 fully saturated rings. The van der Waals surface area contributed by atoms with Gasteiger partial charge >= 0.3 is 0 Å². The van der Waals surface area contributed by atoms with Crippen LogP contribution in [-0.2, 0) is 18.9 Å². The molecule has 0 aromatic heterocycles. The van der Waals surface area contributed by atoms with Crippen LogP contribution in [0.2, 0.25) is 0 Å². The van der Waals surface area contributed by atoms with Crippen LogP contribution >= 0.6 is 0 Å². The van der Waals surface area contributed by atoms with E-state index in [9.17, 15) is 35.7 Å². The first kappa shape index (κ1) is 42.9. The van der Waals surface area contributed by atoms with E-state index >= 15 is 0 Å². The Kier molecular flexibility index (Phi) is 12.6. The summed E-state index contributed by atoms with van der Waals surface area (Å²) in [6.45, 7) is 19.6. The topological polar surface area (TPSA) is 179 Å². The number of ether oxygens (including phenoxy) is 4. The molecule has 312 valence electrons. The molecule has 0 bridgehead atoms. The third-order valence-corrected chi connectivity index (χ3v) is 16.9. The maximum absolute atomic E-state index is 12.2. The van der Waals surface area contributed by atoms with Gasteiger partial charge in [0.05, 0.1) is 31.5 Å². The lowest BCUT2D eigenvalue weighted by Gasteiger charge is -2.70. The highest BCUT2D eigenvalue weighted by Crippen LogP contribution is 2.75. The van der Waals surface area contributed by atoms with Gasteiger partial charge in [-0.3, -0.25) is 0 Å². The molecule has 11 nitrogen and oxygen atoms in total. The summed E-state index contributed by atoms with van der Waals surface area (Å²) in [6.07, 6.45) is -0.350. The minimum Gasteiger partial charge on any atom is -0.394 e. The Balaban J connectivity index is 1.22. The maximum atomic E-state index is 12.2. The van der Waals surface area contributed by atoms with Gasteiger partial charge in [-0.25, -0.2) is 0 Å². The normalized spacial score (nSPS) is 52.1. The van der Waals surface area contributed by atoms with E-state index in [1.165, 1.54) is 24.8 Å². The fourth-order valence-electron chi connectivity index (χ4n) is 13.6. The van der Waals surface area contributed by atoms with Crippen molar-refractivity contribution in [1.82, 2.24) is 0 Å².